The lowest BCUT2D eigenvalue weighted by atomic mass is 10.1. The molecule has 30 heavy (non-hydrogen) atoms. The summed E-state index contributed by atoms with van der Waals surface area (Å²) >= 11 is 0. The normalized spacial score (nSPS) is 11.4. The third-order valence-electron chi connectivity index (χ3n) is 6.60. The predicted molar refractivity (Wildman–Crippen MR) is 133 cm³/mol. The van der Waals surface area contributed by atoms with Crippen molar-refractivity contribution in [3.63, 3.8) is 0 Å². The minimum Gasteiger partial charge on any atom is -0.234 e. The van der Waals surface area contributed by atoms with Gasteiger partial charge in [-0.15, -0.1) is 0 Å². The van der Waals surface area contributed by atoms with Gasteiger partial charge >= 0.3 is 0 Å². The smallest absolute Gasteiger partial charge is 0.234 e. The van der Waals surface area contributed by atoms with Gasteiger partial charge < -0.3 is 0 Å². The molecule has 1 heterocycles. The highest BCUT2D eigenvalue weighted by molar-refractivity contribution is 4.84. The summed E-state index contributed by atoms with van der Waals surface area (Å²) in [6, 6.07) is 0. The quantitative estimate of drug-likeness (QED) is 0.131. The van der Waals surface area contributed by atoms with Gasteiger partial charge in [0.15, 0.2) is 0 Å². The van der Waals surface area contributed by atoms with E-state index in [0.717, 1.165) is 0 Å². The lowest BCUT2D eigenvalue weighted by molar-refractivity contribution is -0.704. The second-order valence-electron chi connectivity index (χ2n) is 9.51. The summed E-state index contributed by atoms with van der Waals surface area (Å²) in [5.74, 6) is 1.58. The highest BCUT2D eigenvalue weighted by Gasteiger charge is 2.16. The van der Waals surface area contributed by atoms with Gasteiger partial charge in [0.25, 0.3) is 5.82 Å². The van der Waals surface area contributed by atoms with Crippen LogP contribution in [-0.2, 0) is 19.5 Å². The van der Waals surface area contributed by atoms with Crippen molar-refractivity contribution in [2.75, 3.05) is 0 Å². The third-order valence-corrected chi connectivity index (χ3v) is 6.60. The van der Waals surface area contributed by atoms with Crippen LogP contribution in [-0.4, -0.2) is 4.57 Å². The van der Waals surface area contributed by atoms with Crippen molar-refractivity contribution in [2.45, 2.75) is 162 Å². The molecule has 0 fully saturated rings. The zero-order chi connectivity index (χ0) is 21.7. The topological polar surface area (TPSA) is 8.81 Å². The lowest BCUT2D eigenvalue weighted by Gasteiger charge is -2.06. The standard InChI is InChI=1S/C28H55N2/c1-4-7-10-12-14-15-16-17-18-20-22-25-30-27-26-29(28(30)23-9-6-3)24-21-19-13-11-8-5-2/h26-27H,4-25H2,1-3H3/q+1. The van der Waals surface area contributed by atoms with Crippen LogP contribution in [0.2, 0.25) is 0 Å². The maximum atomic E-state index is 2.57. The van der Waals surface area contributed by atoms with Crippen LogP contribution in [0.15, 0.2) is 12.4 Å². The SMILES string of the molecule is CCCCCCCCCCCCC[n+]1ccn(CCCCCCCC)c1CCCC. The average molecular weight is 420 g/mol. The Morgan fingerprint density at radius 1 is 0.567 bits per heavy atom. The number of nitrogens with zero attached hydrogens (tertiary/aromatic N) is 2. The van der Waals surface area contributed by atoms with Crippen molar-refractivity contribution < 1.29 is 4.57 Å². The summed E-state index contributed by atoms with van der Waals surface area (Å²) < 4.78 is 5.13. The maximum Gasteiger partial charge on any atom is 0.256 e. The van der Waals surface area contributed by atoms with Crippen LogP contribution in [0.3, 0.4) is 0 Å². The average Bonchev–Trinajstić information content (AvgIpc) is 3.14. The number of aryl methyl sites for hydroxylation is 2. The number of aromatic nitrogens is 2. The first-order valence-corrected chi connectivity index (χ1v) is 13.9. The van der Waals surface area contributed by atoms with E-state index >= 15 is 0 Å². The third kappa shape index (κ3) is 13.5. The fourth-order valence-corrected chi connectivity index (χ4v) is 4.54. The van der Waals surface area contributed by atoms with Crippen LogP contribution >= 0.6 is 0 Å². The molecule has 0 aromatic carbocycles. The Hall–Kier alpha value is -0.790. The molecule has 1 rings (SSSR count). The zero-order valence-corrected chi connectivity index (χ0v) is 21.1. The van der Waals surface area contributed by atoms with Crippen LogP contribution in [0, 0.1) is 0 Å². The minimum atomic E-state index is 1.22. The summed E-state index contributed by atoms with van der Waals surface area (Å²) in [7, 11) is 0. The molecule has 0 N–H and O–H groups in total. The van der Waals surface area contributed by atoms with Gasteiger partial charge in [-0.1, -0.05) is 111 Å². The molecular formula is C28H55N2+. The molecule has 0 radical (unpaired) electrons. The summed E-state index contributed by atoms with van der Waals surface area (Å²) in [6.07, 6.45) is 32.6. The van der Waals surface area contributed by atoms with Crippen molar-refractivity contribution in [2.24, 2.45) is 0 Å². The van der Waals surface area contributed by atoms with E-state index < -0.39 is 0 Å². The van der Waals surface area contributed by atoms with Gasteiger partial charge in [0, 0.05) is 6.42 Å². The molecular weight excluding hydrogens is 364 g/mol. The second kappa shape index (κ2) is 20.1. The van der Waals surface area contributed by atoms with Crippen molar-refractivity contribution in [3.8, 4) is 0 Å². The Balaban J connectivity index is 2.21. The summed E-state index contributed by atoms with van der Waals surface area (Å²) in [4.78, 5) is 0. The van der Waals surface area contributed by atoms with Gasteiger partial charge in [0.05, 0.1) is 13.1 Å². The largest absolute Gasteiger partial charge is 0.256 e. The van der Waals surface area contributed by atoms with E-state index in [1.54, 1.807) is 5.82 Å². The summed E-state index contributed by atoms with van der Waals surface area (Å²) in [5.41, 5.74) is 0. The summed E-state index contributed by atoms with van der Waals surface area (Å²) in [6.45, 7) is 9.36. The molecule has 0 saturated carbocycles. The van der Waals surface area contributed by atoms with Crippen LogP contribution in [0.25, 0.3) is 0 Å². The lowest BCUT2D eigenvalue weighted by Crippen LogP contribution is -2.37. The highest BCUT2D eigenvalue weighted by Crippen LogP contribution is 2.12. The first-order chi connectivity index (χ1) is 14.8. The maximum absolute atomic E-state index is 2.57. The van der Waals surface area contributed by atoms with Gasteiger partial charge in [-0.25, -0.2) is 9.13 Å². The highest BCUT2D eigenvalue weighted by atomic mass is 15.1. The molecule has 0 unspecified atom stereocenters. The van der Waals surface area contributed by atoms with Crippen molar-refractivity contribution in [3.05, 3.63) is 18.2 Å². The number of hydrogen-bond acceptors (Lipinski definition) is 0. The molecule has 0 amide bonds. The molecule has 0 spiro atoms. The van der Waals surface area contributed by atoms with Gasteiger partial charge in [0.2, 0.25) is 0 Å². The predicted octanol–water partition coefficient (Wildman–Crippen LogP) is 8.79. The molecule has 1 aromatic heterocycles. The molecule has 2 heteroatoms. The minimum absolute atomic E-state index is 1.22. The van der Waals surface area contributed by atoms with Gasteiger partial charge in [-0.2, -0.15) is 0 Å². The molecule has 1 aromatic rings. The first-order valence-electron chi connectivity index (χ1n) is 13.9. The van der Waals surface area contributed by atoms with Crippen LogP contribution < -0.4 is 4.57 Å². The van der Waals surface area contributed by atoms with E-state index in [1.165, 1.54) is 142 Å². The van der Waals surface area contributed by atoms with Crippen molar-refractivity contribution in [1.82, 2.24) is 4.57 Å². The molecule has 0 aliphatic carbocycles. The fraction of sp³-hybridized carbons (Fsp3) is 0.893. The van der Waals surface area contributed by atoms with E-state index in [2.05, 4.69) is 42.3 Å². The Bertz CT molecular complexity index is 477. The van der Waals surface area contributed by atoms with E-state index in [4.69, 9.17) is 0 Å². The van der Waals surface area contributed by atoms with Crippen LogP contribution in [0.5, 0.6) is 0 Å². The number of imidazole rings is 1. The zero-order valence-electron chi connectivity index (χ0n) is 21.1. The van der Waals surface area contributed by atoms with Crippen molar-refractivity contribution in [1.29, 1.82) is 0 Å². The van der Waals surface area contributed by atoms with E-state index in [0.29, 0.717) is 0 Å². The Morgan fingerprint density at radius 2 is 1.03 bits per heavy atom. The molecule has 0 bridgehead atoms. The molecule has 2 nitrogen and oxygen atoms in total. The van der Waals surface area contributed by atoms with Gasteiger partial charge in [0.1, 0.15) is 12.4 Å². The fourth-order valence-electron chi connectivity index (χ4n) is 4.54. The number of hydrogen-bond donors (Lipinski definition) is 0. The van der Waals surface area contributed by atoms with E-state index in [9.17, 15) is 0 Å². The molecule has 0 saturated heterocycles. The number of unbranched alkanes of at least 4 members (excludes halogenated alkanes) is 16. The number of rotatable bonds is 22. The molecule has 0 atom stereocenters. The monoisotopic (exact) mass is 419 g/mol. The molecule has 176 valence electrons. The Morgan fingerprint density at radius 3 is 1.57 bits per heavy atom. The molecule has 0 aliphatic rings. The van der Waals surface area contributed by atoms with Gasteiger partial charge in [-0.3, -0.25) is 0 Å². The second-order valence-corrected chi connectivity index (χ2v) is 9.51. The Kier molecular flexibility index (Phi) is 18.3. The van der Waals surface area contributed by atoms with E-state index in [-0.39, 0.29) is 0 Å². The van der Waals surface area contributed by atoms with Crippen LogP contribution in [0.1, 0.15) is 149 Å². The molecule has 0 aliphatic heterocycles. The van der Waals surface area contributed by atoms with E-state index in [1.807, 2.05) is 0 Å². The van der Waals surface area contributed by atoms with Gasteiger partial charge in [-0.05, 0) is 32.1 Å². The Labute approximate surface area is 189 Å². The van der Waals surface area contributed by atoms with Crippen LogP contribution in [0.4, 0.5) is 0 Å². The summed E-state index contributed by atoms with van der Waals surface area (Å²) in [5, 5.41) is 0. The first kappa shape index (κ1) is 27.2. The van der Waals surface area contributed by atoms with Crippen molar-refractivity contribution >= 4 is 0 Å².